The molecule has 0 spiro atoms. The number of hydrogen-bond donors (Lipinski definition) is 1. The Hall–Kier alpha value is -2.36. The van der Waals surface area contributed by atoms with E-state index in [1.165, 1.54) is 0 Å². The Labute approximate surface area is 115 Å². The van der Waals surface area contributed by atoms with Gasteiger partial charge >= 0.3 is 5.76 Å². The van der Waals surface area contributed by atoms with Crippen molar-refractivity contribution in [3.63, 3.8) is 0 Å². The SMILES string of the molecule is C=CCC1(c2ccccc2)CCc2c1oc(=O)[nH]c2=O. The average molecular weight is 269 g/mol. The number of hydrogen-bond acceptors (Lipinski definition) is 3. The first-order valence-corrected chi connectivity index (χ1v) is 6.60. The number of H-pyrrole nitrogens is 1. The maximum Gasteiger partial charge on any atom is 0.419 e. The third-order valence-corrected chi connectivity index (χ3v) is 4.01. The third-order valence-electron chi connectivity index (χ3n) is 4.01. The highest BCUT2D eigenvalue weighted by atomic mass is 16.4. The van der Waals surface area contributed by atoms with Crippen LogP contribution in [0.1, 0.15) is 29.7 Å². The molecule has 1 heterocycles. The zero-order valence-corrected chi connectivity index (χ0v) is 11.0. The Bertz CT molecular complexity index is 757. The quantitative estimate of drug-likeness (QED) is 0.868. The predicted octanol–water partition coefficient (Wildman–Crippen LogP) is 2.14. The van der Waals surface area contributed by atoms with Crippen LogP contribution in [0.25, 0.3) is 0 Å². The summed E-state index contributed by atoms with van der Waals surface area (Å²) in [4.78, 5) is 25.6. The molecule has 1 aliphatic rings. The minimum Gasteiger partial charge on any atom is -0.413 e. The molecular formula is C16H15NO3. The van der Waals surface area contributed by atoms with Gasteiger partial charge in [0.05, 0.1) is 11.0 Å². The number of allylic oxidation sites excluding steroid dienone is 1. The van der Waals surface area contributed by atoms with E-state index >= 15 is 0 Å². The molecule has 0 bridgehead atoms. The maximum atomic E-state index is 11.9. The topological polar surface area (TPSA) is 63.1 Å². The van der Waals surface area contributed by atoms with Gasteiger partial charge in [-0.3, -0.25) is 9.78 Å². The molecule has 0 fully saturated rings. The molecule has 1 N–H and O–H groups in total. The fraction of sp³-hybridized carbons (Fsp3) is 0.250. The molecule has 1 aromatic carbocycles. The Morgan fingerprint density at radius 2 is 2.05 bits per heavy atom. The van der Waals surface area contributed by atoms with E-state index in [0.29, 0.717) is 24.2 Å². The second-order valence-electron chi connectivity index (χ2n) is 5.09. The lowest BCUT2D eigenvalue weighted by molar-refractivity contribution is 0.357. The van der Waals surface area contributed by atoms with Gasteiger partial charge in [0.1, 0.15) is 5.76 Å². The Balaban J connectivity index is 2.30. The van der Waals surface area contributed by atoms with Crippen molar-refractivity contribution in [2.75, 3.05) is 0 Å². The molecule has 4 nitrogen and oxygen atoms in total. The van der Waals surface area contributed by atoms with E-state index in [1.807, 2.05) is 36.4 Å². The molecule has 0 saturated heterocycles. The summed E-state index contributed by atoms with van der Waals surface area (Å²) in [6.07, 6.45) is 3.80. The molecule has 1 aromatic heterocycles. The van der Waals surface area contributed by atoms with E-state index in [-0.39, 0.29) is 5.56 Å². The molecule has 1 aliphatic carbocycles. The van der Waals surface area contributed by atoms with Crippen LogP contribution in [0.3, 0.4) is 0 Å². The summed E-state index contributed by atoms with van der Waals surface area (Å²) in [5.41, 5.74) is 0.840. The highest BCUT2D eigenvalue weighted by Gasteiger charge is 2.43. The molecule has 1 atom stereocenters. The van der Waals surface area contributed by atoms with Crippen LogP contribution in [-0.2, 0) is 11.8 Å². The van der Waals surface area contributed by atoms with Crippen molar-refractivity contribution < 1.29 is 4.42 Å². The molecule has 3 rings (SSSR count). The largest absolute Gasteiger partial charge is 0.419 e. The summed E-state index contributed by atoms with van der Waals surface area (Å²) in [6, 6.07) is 9.83. The minimum atomic E-state index is -0.694. The van der Waals surface area contributed by atoms with Crippen molar-refractivity contribution >= 4 is 0 Å². The van der Waals surface area contributed by atoms with Gasteiger partial charge in [-0.05, 0) is 24.8 Å². The van der Waals surface area contributed by atoms with Crippen molar-refractivity contribution in [1.82, 2.24) is 4.98 Å². The zero-order valence-electron chi connectivity index (χ0n) is 11.0. The smallest absolute Gasteiger partial charge is 0.413 e. The summed E-state index contributed by atoms with van der Waals surface area (Å²) < 4.78 is 5.36. The second-order valence-corrected chi connectivity index (χ2v) is 5.09. The molecule has 20 heavy (non-hydrogen) atoms. The number of nitrogens with one attached hydrogen (secondary N) is 1. The summed E-state index contributed by atoms with van der Waals surface area (Å²) in [7, 11) is 0. The summed E-state index contributed by atoms with van der Waals surface area (Å²) in [5, 5.41) is 0. The third kappa shape index (κ3) is 1.76. The van der Waals surface area contributed by atoms with Crippen LogP contribution >= 0.6 is 0 Å². The molecule has 0 amide bonds. The number of aromatic nitrogens is 1. The minimum absolute atomic E-state index is 0.335. The monoisotopic (exact) mass is 269 g/mol. The Morgan fingerprint density at radius 3 is 2.75 bits per heavy atom. The van der Waals surface area contributed by atoms with Gasteiger partial charge in [0.2, 0.25) is 0 Å². The summed E-state index contributed by atoms with van der Waals surface area (Å²) >= 11 is 0. The van der Waals surface area contributed by atoms with E-state index in [4.69, 9.17) is 4.42 Å². The predicted molar refractivity (Wildman–Crippen MR) is 76.0 cm³/mol. The number of fused-ring (bicyclic) bond motifs is 1. The first-order valence-electron chi connectivity index (χ1n) is 6.60. The first-order chi connectivity index (χ1) is 9.67. The van der Waals surface area contributed by atoms with Gasteiger partial charge in [0, 0.05) is 0 Å². The molecule has 0 radical (unpaired) electrons. The highest BCUT2D eigenvalue weighted by Crippen LogP contribution is 2.45. The van der Waals surface area contributed by atoms with E-state index in [2.05, 4.69) is 11.6 Å². The van der Waals surface area contributed by atoms with Crippen molar-refractivity contribution in [3.8, 4) is 0 Å². The fourth-order valence-corrected chi connectivity index (χ4v) is 3.11. The van der Waals surface area contributed by atoms with Gasteiger partial charge in [0.15, 0.2) is 0 Å². The first kappa shape index (κ1) is 12.7. The number of rotatable bonds is 3. The van der Waals surface area contributed by atoms with Crippen LogP contribution in [0, 0.1) is 0 Å². The summed E-state index contributed by atoms with van der Waals surface area (Å²) in [5.74, 6) is -0.197. The second kappa shape index (κ2) is 4.63. The van der Waals surface area contributed by atoms with Crippen LogP contribution in [0.4, 0.5) is 0 Å². The standard InChI is InChI=1S/C16H15NO3/c1-2-9-16(11-6-4-3-5-7-11)10-8-12-13(16)20-15(19)17-14(12)18/h2-7H,1,8-10H2,(H,17,18,19). The van der Waals surface area contributed by atoms with E-state index in [9.17, 15) is 9.59 Å². The number of aromatic amines is 1. The molecule has 102 valence electrons. The van der Waals surface area contributed by atoms with Crippen LogP contribution in [-0.4, -0.2) is 4.98 Å². The van der Waals surface area contributed by atoms with Crippen LogP contribution in [0.2, 0.25) is 0 Å². The van der Waals surface area contributed by atoms with E-state index in [0.717, 1.165) is 12.0 Å². The van der Waals surface area contributed by atoms with Gasteiger partial charge in [-0.2, -0.15) is 0 Å². The normalized spacial score (nSPS) is 20.6. The van der Waals surface area contributed by atoms with E-state index in [1.54, 1.807) is 0 Å². The van der Waals surface area contributed by atoms with Crippen molar-refractivity contribution in [2.24, 2.45) is 0 Å². The molecular weight excluding hydrogens is 254 g/mol. The lowest BCUT2D eigenvalue weighted by Gasteiger charge is -2.27. The van der Waals surface area contributed by atoms with Gasteiger partial charge in [-0.15, -0.1) is 6.58 Å². The van der Waals surface area contributed by atoms with Crippen molar-refractivity contribution in [1.29, 1.82) is 0 Å². The molecule has 2 aromatic rings. The molecule has 4 heteroatoms. The Morgan fingerprint density at radius 1 is 1.30 bits per heavy atom. The lowest BCUT2D eigenvalue weighted by atomic mass is 9.76. The molecule has 0 saturated carbocycles. The lowest BCUT2D eigenvalue weighted by Crippen LogP contribution is -2.29. The van der Waals surface area contributed by atoms with Crippen LogP contribution in [0.15, 0.2) is 57.0 Å². The van der Waals surface area contributed by atoms with Crippen LogP contribution < -0.4 is 11.3 Å². The molecule has 0 aliphatic heterocycles. The fourth-order valence-electron chi connectivity index (χ4n) is 3.11. The van der Waals surface area contributed by atoms with Gasteiger partial charge < -0.3 is 4.42 Å². The zero-order chi connectivity index (χ0) is 14.2. The highest BCUT2D eigenvalue weighted by molar-refractivity contribution is 5.42. The van der Waals surface area contributed by atoms with Gasteiger partial charge in [0.25, 0.3) is 5.56 Å². The van der Waals surface area contributed by atoms with Crippen LogP contribution in [0.5, 0.6) is 0 Å². The van der Waals surface area contributed by atoms with E-state index < -0.39 is 11.2 Å². The molecule has 1 unspecified atom stereocenters. The van der Waals surface area contributed by atoms with Gasteiger partial charge in [-0.25, -0.2) is 4.79 Å². The van der Waals surface area contributed by atoms with Crippen molar-refractivity contribution in [3.05, 3.63) is 80.8 Å². The maximum absolute atomic E-state index is 11.9. The number of benzene rings is 1. The Kier molecular flexibility index (Phi) is 2.93. The summed E-state index contributed by atoms with van der Waals surface area (Å²) in [6.45, 7) is 3.81. The average Bonchev–Trinajstić information content (AvgIpc) is 2.81. The van der Waals surface area contributed by atoms with Crippen molar-refractivity contribution in [2.45, 2.75) is 24.7 Å². The van der Waals surface area contributed by atoms with Gasteiger partial charge in [-0.1, -0.05) is 36.4 Å².